The van der Waals surface area contributed by atoms with Crippen molar-refractivity contribution in [2.75, 3.05) is 39.9 Å². The van der Waals surface area contributed by atoms with Gasteiger partial charge in [-0.1, -0.05) is 0 Å². The lowest BCUT2D eigenvalue weighted by molar-refractivity contribution is 0.156. The Hall–Kier alpha value is -0.0400. The number of nitrogens with zero attached hydrogens (tertiary/aromatic N) is 2. The van der Waals surface area contributed by atoms with Crippen molar-refractivity contribution in [3.05, 3.63) is 0 Å². The van der Waals surface area contributed by atoms with Gasteiger partial charge in [-0.3, -0.25) is 4.99 Å². The molecule has 5 heteroatoms. The summed E-state index contributed by atoms with van der Waals surface area (Å²) in [7, 11) is 1.89. The molecular weight excluding hydrogens is 341 g/mol. The lowest BCUT2D eigenvalue weighted by Gasteiger charge is -2.24. The molecule has 3 aliphatic rings. The van der Waals surface area contributed by atoms with E-state index in [1.54, 1.807) is 0 Å². The second kappa shape index (κ2) is 5.94. The summed E-state index contributed by atoms with van der Waals surface area (Å²) in [6, 6.07) is 0. The summed E-state index contributed by atoms with van der Waals surface area (Å²) in [5, 5.41) is 3.51. The third-order valence-electron chi connectivity index (χ3n) is 4.38. The first kappa shape index (κ1) is 14.4. The molecule has 3 rings (SSSR count). The van der Waals surface area contributed by atoms with Crippen LogP contribution in [-0.4, -0.2) is 50.8 Å². The number of likely N-dealkylation sites (tertiary alicyclic amines) is 1. The van der Waals surface area contributed by atoms with Gasteiger partial charge in [0.25, 0.3) is 0 Å². The Bertz CT molecular complexity index is 311. The average Bonchev–Trinajstić information content (AvgIpc) is 2.92. The highest BCUT2D eigenvalue weighted by Crippen LogP contribution is 2.38. The smallest absolute Gasteiger partial charge is 0.193 e. The molecule has 3 fully saturated rings. The van der Waals surface area contributed by atoms with E-state index in [1.807, 2.05) is 7.05 Å². The minimum Gasteiger partial charge on any atom is -0.381 e. The fourth-order valence-corrected chi connectivity index (χ4v) is 2.98. The van der Waals surface area contributed by atoms with Gasteiger partial charge in [0.05, 0.1) is 6.61 Å². The summed E-state index contributed by atoms with van der Waals surface area (Å²) in [4.78, 5) is 6.83. The number of halogens is 1. The molecule has 2 aliphatic heterocycles. The summed E-state index contributed by atoms with van der Waals surface area (Å²) in [5.41, 5.74) is 0.428. The van der Waals surface area contributed by atoms with Crippen LogP contribution in [0.15, 0.2) is 4.99 Å². The van der Waals surface area contributed by atoms with Crippen LogP contribution >= 0.6 is 24.0 Å². The molecule has 0 radical (unpaired) electrons. The second-order valence-electron chi connectivity index (χ2n) is 5.85. The van der Waals surface area contributed by atoms with Crippen LogP contribution in [0.5, 0.6) is 0 Å². The van der Waals surface area contributed by atoms with Crippen LogP contribution in [0.25, 0.3) is 0 Å². The van der Waals surface area contributed by atoms with Crippen LogP contribution in [0.3, 0.4) is 0 Å². The van der Waals surface area contributed by atoms with Crippen molar-refractivity contribution in [1.29, 1.82) is 0 Å². The molecule has 4 nitrogen and oxygen atoms in total. The summed E-state index contributed by atoms with van der Waals surface area (Å²) in [5.74, 6) is 2.00. The van der Waals surface area contributed by atoms with Crippen LogP contribution < -0.4 is 5.32 Å². The Morgan fingerprint density at radius 1 is 1.44 bits per heavy atom. The molecule has 0 aromatic carbocycles. The summed E-state index contributed by atoms with van der Waals surface area (Å²) in [6.45, 7) is 5.25. The zero-order valence-electron chi connectivity index (χ0n) is 11.2. The van der Waals surface area contributed by atoms with Crippen LogP contribution in [0.4, 0.5) is 0 Å². The van der Waals surface area contributed by atoms with E-state index >= 15 is 0 Å². The summed E-state index contributed by atoms with van der Waals surface area (Å²) < 4.78 is 5.57. The fraction of sp³-hybridized carbons (Fsp3) is 0.923. The molecule has 2 heterocycles. The number of ether oxygens (including phenoxy) is 1. The molecule has 0 aromatic rings. The summed E-state index contributed by atoms with van der Waals surface area (Å²) in [6.07, 6.45) is 5.27. The van der Waals surface area contributed by atoms with E-state index in [2.05, 4.69) is 15.2 Å². The van der Waals surface area contributed by atoms with Crippen molar-refractivity contribution in [3.63, 3.8) is 0 Å². The molecule has 1 spiro atoms. The van der Waals surface area contributed by atoms with Gasteiger partial charge in [0, 0.05) is 38.7 Å². The SMILES string of the molecule is CN=C(NCC1CC1)N1CCC2(CCOC2)C1.I. The predicted octanol–water partition coefficient (Wildman–Crippen LogP) is 1.70. The molecule has 2 saturated heterocycles. The van der Waals surface area contributed by atoms with Crippen molar-refractivity contribution in [2.45, 2.75) is 25.7 Å². The standard InChI is InChI=1S/C13H23N3O.HI/c1-14-12(15-8-11-2-3-11)16-6-4-13(9-16)5-7-17-10-13;/h11H,2-10H2,1H3,(H,14,15);1H. The zero-order valence-corrected chi connectivity index (χ0v) is 13.5. The molecule has 0 bridgehead atoms. The van der Waals surface area contributed by atoms with E-state index in [0.29, 0.717) is 5.41 Å². The van der Waals surface area contributed by atoms with Crippen LogP contribution in [0.2, 0.25) is 0 Å². The van der Waals surface area contributed by atoms with Crippen molar-refractivity contribution < 1.29 is 4.74 Å². The van der Waals surface area contributed by atoms with Gasteiger partial charge in [0.15, 0.2) is 5.96 Å². The van der Waals surface area contributed by atoms with Gasteiger partial charge in [0.1, 0.15) is 0 Å². The Morgan fingerprint density at radius 3 is 2.89 bits per heavy atom. The Labute approximate surface area is 127 Å². The Morgan fingerprint density at radius 2 is 2.28 bits per heavy atom. The molecule has 1 aliphatic carbocycles. The molecule has 0 amide bonds. The zero-order chi connectivity index (χ0) is 11.7. The van der Waals surface area contributed by atoms with Crippen molar-refractivity contribution in [1.82, 2.24) is 10.2 Å². The van der Waals surface area contributed by atoms with Gasteiger partial charge in [-0.15, -0.1) is 24.0 Å². The first-order valence-electron chi connectivity index (χ1n) is 6.85. The van der Waals surface area contributed by atoms with E-state index < -0.39 is 0 Å². The number of hydrogen-bond donors (Lipinski definition) is 1. The highest BCUT2D eigenvalue weighted by molar-refractivity contribution is 14.0. The maximum absolute atomic E-state index is 5.57. The highest BCUT2D eigenvalue weighted by atomic mass is 127. The Kier molecular flexibility index (Phi) is 4.75. The minimum atomic E-state index is 0. The van der Waals surface area contributed by atoms with Gasteiger partial charge in [0.2, 0.25) is 0 Å². The quantitative estimate of drug-likeness (QED) is 0.460. The van der Waals surface area contributed by atoms with Crippen LogP contribution in [-0.2, 0) is 4.74 Å². The number of guanidine groups is 1. The summed E-state index contributed by atoms with van der Waals surface area (Å²) >= 11 is 0. The monoisotopic (exact) mass is 365 g/mol. The number of nitrogens with one attached hydrogen (secondary N) is 1. The fourth-order valence-electron chi connectivity index (χ4n) is 2.98. The first-order chi connectivity index (χ1) is 8.31. The van der Waals surface area contributed by atoms with Gasteiger partial charge in [-0.05, 0) is 31.6 Å². The van der Waals surface area contributed by atoms with E-state index in [1.165, 1.54) is 25.7 Å². The minimum absolute atomic E-state index is 0. The van der Waals surface area contributed by atoms with Gasteiger partial charge in [-0.25, -0.2) is 0 Å². The molecule has 1 saturated carbocycles. The molecule has 1 unspecified atom stereocenters. The van der Waals surface area contributed by atoms with E-state index in [9.17, 15) is 0 Å². The van der Waals surface area contributed by atoms with E-state index in [-0.39, 0.29) is 24.0 Å². The molecule has 104 valence electrons. The van der Waals surface area contributed by atoms with Crippen molar-refractivity contribution in [3.8, 4) is 0 Å². The maximum atomic E-state index is 5.57. The number of aliphatic imine (C=N–C) groups is 1. The van der Waals surface area contributed by atoms with Gasteiger partial charge in [-0.2, -0.15) is 0 Å². The lowest BCUT2D eigenvalue weighted by atomic mass is 9.87. The number of hydrogen-bond acceptors (Lipinski definition) is 2. The molecular formula is C13H24IN3O. The lowest BCUT2D eigenvalue weighted by Crippen LogP contribution is -2.42. The topological polar surface area (TPSA) is 36.9 Å². The molecule has 1 atom stereocenters. The van der Waals surface area contributed by atoms with Gasteiger partial charge < -0.3 is 15.0 Å². The first-order valence-corrected chi connectivity index (χ1v) is 6.85. The molecule has 1 N–H and O–H groups in total. The third kappa shape index (κ3) is 3.10. The third-order valence-corrected chi connectivity index (χ3v) is 4.38. The normalized spacial score (nSPS) is 31.8. The largest absolute Gasteiger partial charge is 0.381 e. The van der Waals surface area contributed by atoms with E-state index in [0.717, 1.165) is 44.7 Å². The molecule has 18 heavy (non-hydrogen) atoms. The Balaban J connectivity index is 0.00000120. The molecule has 0 aromatic heterocycles. The van der Waals surface area contributed by atoms with Crippen LogP contribution in [0, 0.1) is 11.3 Å². The van der Waals surface area contributed by atoms with Crippen molar-refractivity contribution in [2.24, 2.45) is 16.3 Å². The van der Waals surface area contributed by atoms with Crippen LogP contribution in [0.1, 0.15) is 25.7 Å². The van der Waals surface area contributed by atoms with Crippen molar-refractivity contribution >= 4 is 29.9 Å². The highest BCUT2D eigenvalue weighted by Gasteiger charge is 2.42. The number of rotatable bonds is 2. The maximum Gasteiger partial charge on any atom is 0.193 e. The second-order valence-corrected chi connectivity index (χ2v) is 5.85. The van der Waals surface area contributed by atoms with Gasteiger partial charge >= 0.3 is 0 Å². The predicted molar refractivity (Wildman–Crippen MR) is 83.6 cm³/mol. The van der Waals surface area contributed by atoms with E-state index in [4.69, 9.17) is 4.74 Å². The average molecular weight is 365 g/mol.